The van der Waals surface area contributed by atoms with Crippen LogP contribution in [-0.4, -0.2) is 24.5 Å². The zero-order valence-corrected chi connectivity index (χ0v) is 11.3. The smallest absolute Gasteiger partial charge is 0.306 e. The van der Waals surface area contributed by atoms with E-state index in [1.807, 2.05) is 0 Å². The number of hydrogen-bond acceptors (Lipinski definition) is 3. The first-order chi connectivity index (χ1) is 7.94. The van der Waals surface area contributed by atoms with E-state index in [9.17, 15) is 13.6 Å². The number of esters is 1. The molecule has 0 aromatic rings. The molecule has 0 amide bonds. The third-order valence-electron chi connectivity index (χ3n) is 4.28. The number of carbonyl (C=O) groups is 1. The van der Waals surface area contributed by atoms with Gasteiger partial charge in [0.25, 0.3) is 5.92 Å². The highest BCUT2D eigenvalue weighted by Gasteiger charge is 2.79. The minimum atomic E-state index is -2.71. The first-order valence-corrected chi connectivity index (χ1v) is 6.23. The van der Waals surface area contributed by atoms with Gasteiger partial charge in [0, 0.05) is 17.4 Å². The lowest BCUT2D eigenvalue weighted by molar-refractivity contribution is -0.144. The minimum absolute atomic E-state index is 0. The van der Waals surface area contributed by atoms with Crippen molar-refractivity contribution in [1.82, 2.24) is 0 Å². The SMILES string of the molecule is CCOC(=O)CC1C(F)(F)C12CCC(N)CC2.Cl. The lowest BCUT2D eigenvalue weighted by Crippen LogP contribution is -2.30. The van der Waals surface area contributed by atoms with Crippen LogP contribution in [0.2, 0.25) is 0 Å². The molecule has 2 saturated carbocycles. The maximum atomic E-state index is 13.8. The average molecular weight is 284 g/mol. The Hall–Kier alpha value is -0.420. The van der Waals surface area contributed by atoms with E-state index in [-0.39, 0.29) is 31.5 Å². The Labute approximate surface area is 112 Å². The summed E-state index contributed by atoms with van der Waals surface area (Å²) in [6.45, 7) is 1.92. The van der Waals surface area contributed by atoms with Crippen LogP contribution in [0.1, 0.15) is 39.0 Å². The van der Waals surface area contributed by atoms with Crippen LogP contribution in [0.25, 0.3) is 0 Å². The number of halogens is 3. The molecule has 1 unspecified atom stereocenters. The molecule has 18 heavy (non-hydrogen) atoms. The van der Waals surface area contributed by atoms with Crippen molar-refractivity contribution in [3.63, 3.8) is 0 Å². The van der Waals surface area contributed by atoms with Crippen molar-refractivity contribution in [2.75, 3.05) is 6.61 Å². The Kier molecular flexibility index (Phi) is 4.60. The van der Waals surface area contributed by atoms with Crippen molar-refractivity contribution in [3.8, 4) is 0 Å². The van der Waals surface area contributed by atoms with E-state index in [0.29, 0.717) is 25.7 Å². The van der Waals surface area contributed by atoms with E-state index in [0.717, 1.165) is 0 Å². The molecule has 0 aliphatic heterocycles. The number of hydrogen-bond donors (Lipinski definition) is 1. The van der Waals surface area contributed by atoms with Crippen molar-refractivity contribution < 1.29 is 18.3 Å². The van der Waals surface area contributed by atoms with Crippen LogP contribution in [-0.2, 0) is 9.53 Å². The number of nitrogens with two attached hydrogens (primary N) is 1. The van der Waals surface area contributed by atoms with E-state index < -0.39 is 23.2 Å². The number of rotatable bonds is 3. The van der Waals surface area contributed by atoms with Gasteiger partial charge in [-0.05, 0) is 32.6 Å². The van der Waals surface area contributed by atoms with Crippen LogP contribution in [0, 0.1) is 11.3 Å². The van der Waals surface area contributed by atoms with Gasteiger partial charge in [-0.1, -0.05) is 0 Å². The summed E-state index contributed by atoms with van der Waals surface area (Å²) in [5, 5.41) is 0. The van der Waals surface area contributed by atoms with Crippen molar-refractivity contribution >= 4 is 18.4 Å². The molecule has 2 fully saturated rings. The maximum Gasteiger partial charge on any atom is 0.306 e. The third-order valence-corrected chi connectivity index (χ3v) is 4.28. The maximum absolute atomic E-state index is 13.8. The molecule has 0 aromatic carbocycles. The zero-order valence-electron chi connectivity index (χ0n) is 10.5. The fourth-order valence-corrected chi connectivity index (χ4v) is 3.14. The molecule has 0 aromatic heterocycles. The van der Waals surface area contributed by atoms with Crippen LogP contribution in [0.4, 0.5) is 8.78 Å². The average Bonchev–Trinajstić information content (AvgIpc) is 2.70. The van der Waals surface area contributed by atoms with Crippen LogP contribution in [0.3, 0.4) is 0 Å². The molecule has 1 atom stereocenters. The van der Waals surface area contributed by atoms with E-state index in [2.05, 4.69) is 0 Å². The molecule has 3 nitrogen and oxygen atoms in total. The van der Waals surface area contributed by atoms with Crippen LogP contribution < -0.4 is 5.73 Å². The van der Waals surface area contributed by atoms with Gasteiger partial charge in [0.05, 0.1) is 13.0 Å². The molecular formula is C12H20ClF2NO2. The standard InChI is InChI=1S/C12H19F2NO2.ClH/c1-2-17-10(16)7-9-11(12(9,13)14)5-3-8(15)4-6-11;/h8-9H,2-7,15H2,1H3;1H. The molecule has 2 aliphatic rings. The van der Waals surface area contributed by atoms with Crippen LogP contribution in [0.15, 0.2) is 0 Å². The normalized spacial score (nSPS) is 36.9. The minimum Gasteiger partial charge on any atom is -0.466 e. The highest BCUT2D eigenvalue weighted by Crippen LogP contribution is 2.73. The van der Waals surface area contributed by atoms with Crippen molar-refractivity contribution in [2.24, 2.45) is 17.1 Å². The van der Waals surface area contributed by atoms with Gasteiger partial charge in [-0.2, -0.15) is 0 Å². The highest BCUT2D eigenvalue weighted by molar-refractivity contribution is 5.85. The number of ether oxygens (including phenoxy) is 1. The largest absolute Gasteiger partial charge is 0.466 e. The van der Waals surface area contributed by atoms with E-state index in [4.69, 9.17) is 10.5 Å². The van der Waals surface area contributed by atoms with Gasteiger partial charge in [-0.15, -0.1) is 12.4 Å². The molecule has 2 rings (SSSR count). The van der Waals surface area contributed by atoms with Crippen molar-refractivity contribution in [2.45, 2.75) is 51.0 Å². The Bertz CT molecular complexity index is 317. The lowest BCUT2D eigenvalue weighted by atomic mass is 9.81. The highest BCUT2D eigenvalue weighted by atomic mass is 35.5. The molecule has 106 valence electrons. The summed E-state index contributed by atoms with van der Waals surface area (Å²) in [5.74, 6) is -4.05. The first kappa shape index (κ1) is 15.6. The molecule has 2 aliphatic carbocycles. The lowest BCUT2D eigenvalue weighted by Gasteiger charge is -2.26. The molecule has 0 radical (unpaired) electrons. The van der Waals surface area contributed by atoms with E-state index in [1.165, 1.54) is 0 Å². The second kappa shape index (κ2) is 5.29. The second-order valence-corrected chi connectivity index (χ2v) is 5.18. The quantitative estimate of drug-likeness (QED) is 0.810. The Morgan fingerprint density at radius 3 is 2.44 bits per heavy atom. The summed E-state index contributed by atoms with van der Waals surface area (Å²) in [7, 11) is 0. The molecule has 0 bridgehead atoms. The van der Waals surface area contributed by atoms with Crippen molar-refractivity contribution in [3.05, 3.63) is 0 Å². The molecular weight excluding hydrogens is 264 g/mol. The Morgan fingerprint density at radius 2 is 1.94 bits per heavy atom. The molecule has 2 N–H and O–H groups in total. The summed E-state index contributed by atoms with van der Waals surface area (Å²) in [6.07, 6.45) is 1.98. The van der Waals surface area contributed by atoms with Gasteiger partial charge in [0.15, 0.2) is 0 Å². The van der Waals surface area contributed by atoms with Crippen molar-refractivity contribution in [1.29, 1.82) is 0 Å². The summed E-state index contributed by atoms with van der Waals surface area (Å²) in [6, 6.07) is 0.0419. The fourth-order valence-electron chi connectivity index (χ4n) is 3.14. The predicted molar refractivity (Wildman–Crippen MR) is 65.8 cm³/mol. The van der Waals surface area contributed by atoms with Gasteiger partial charge < -0.3 is 10.5 Å². The summed E-state index contributed by atoms with van der Waals surface area (Å²) < 4.78 is 32.4. The topological polar surface area (TPSA) is 52.3 Å². The van der Waals surface area contributed by atoms with Gasteiger partial charge in [0.2, 0.25) is 0 Å². The first-order valence-electron chi connectivity index (χ1n) is 6.23. The van der Waals surface area contributed by atoms with Crippen LogP contribution in [0.5, 0.6) is 0 Å². The fraction of sp³-hybridized carbons (Fsp3) is 0.917. The predicted octanol–water partition coefficient (Wildman–Crippen LogP) is 2.51. The van der Waals surface area contributed by atoms with Gasteiger partial charge in [-0.3, -0.25) is 4.79 Å². The Morgan fingerprint density at radius 1 is 1.39 bits per heavy atom. The molecule has 0 heterocycles. The van der Waals surface area contributed by atoms with E-state index >= 15 is 0 Å². The monoisotopic (exact) mass is 283 g/mol. The Balaban J connectivity index is 0.00000162. The molecule has 0 saturated heterocycles. The third kappa shape index (κ3) is 2.35. The molecule has 1 spiro atoms. The van der Waals surface area contributed by atoms with Gasteiger partial charge >= 0.3 is 5.97 Å². The van der Waals surface area contributed by atoms with Gasteiger partial charge in [-0.25, -0.2) is 8.78 Å². The number of alkyl halides is 2. The summed E-state index contributed by atoms with van der Waals surface area (Å²) >= 11 is 0. The molecule has 6 heteroatoms. The van der Waals surface area contributed by atoms with Gasteiger partial charge in [0.1, 0.15) is 0 Å². The number of carbonyl (C=O) groups excluding carboxylic acids is 1. The summed E-state index contributed by atoms with van der Waals surface area (Å²) in [4.78, 5) is 11.3. The van der Waals surface area contributed by atoms with E-state index in [1.54, 1.807) is 6.92 Å². The second-order valence-electron chi connectivity index (χ2n) is 5.18. The summed E-state index contributed by atoms with van der Waals surface area (Å²) in [5.41, 5.74) is 4.77. The van der Waals surface area contributed by atoms with Crippen LogP contribution >= 0.6 is 12.4 Å². The zero-order chi connectivity index (χ0) is 12.7.